The topological polar surface area (TPSA) is 403 Å². The number of aliphatic hydroxyl groups is 6. The number of benzene rings is 2. The van der Waals surface area contributed by atoms with Gasteiger partial charge in [0, 0.05) is 22.3 Å². The molecule has 4 fully saturated rings. The Morgan fingerprint density at radius 2 is 1.04 bits per heavy atom. The van der Waals surface area contributed by atoms with E-state index >= 15 is 0 Å². The number of fused-ring (bicyclic) bond motifs is 2. The third-order valence-corrected chi connectivity index (χ3v) is 14.9. The van der Waals surface area contributed by atoms with Gasteiger partial charge in [0.15, 0.2) is 11.6 Å². The van der Waals surface area contributed by atoms with Gasteiger partial charge in [-0.25, -0.2) is 4.79 Å². The van der Waals surface area contributed by atoms with Crippen LogP contribution in [0.15, 0.2) is 60.7 Å². The zero-order valence-electron chi connectivity index (χ0n) is 37.6. The number of quaternary nitrogens is 1. The van der Waals surface area contributed by atoms with Crippen molar-refractivity contribution < 1.29 is 75.5 Å². The lowest BCUT2D eigenvalue weighted by Gasteiger charge is -2.45. The van der Waals surface area contributed by atoms with Gasteiger partial charge in [-0.1, -0.05) is 60.7 Å². The summed E-state index contributed by atoms with van der Waals surface area (Å²) in [5, 5.41) is 71.2. The van der Waals surface area contributed by atoms with Crippen molar-refractivity contribution in [3.63, 3.8) is 0 Å². The second-order valence-electron chi connectivity index (χ2n) is 17.4. The second-order valence-corrected chi connectivity index (χ2v) is 20.9. The second kappa shape index (κ2) is 25.2. The predicted octanol–water partition coefficient (Wildman–Crippen LogP) is -4.48. The van der Waals surface area contributed by atoms with Crippen LogP contribution in [-0.4, -0.2) is 164 Å². The molecule has 2 amide bonds. The molecule has 4 aliphatic rings. The molecule has 22 nitrogen and oxygen atoms in total. The number of carboxylic acid groups (broad SMARTS) is 2. The minimum atomic E-state index is -1.26. The zero-order valence-corrected chi connectivity index (χ0v) is 40.0. The average molecular weight is 1010 g/mol. The molecule has 2 aromatic carbocycles. The fourth-order valence-corrected chi connectivity index (χ4v) is 10.9. The normalized spacial score (nSPS) is 23.9. The summed E-state index contributed by atoms with van der Waals surface area (Å²) in [6, 6.07) is 14.7. The number of Topliss-reactive ketones (excluding diaryl/α,β-unsaturated/α-hetero) is 2. The van der Waals surface area contributed by atoms with Crippen LogP contribution < -0.4 is 39.1 Å². The van der Waals surface area contributed by atoms with Gasteiger partial charge in [0.25, 0.3) is 0 Å². The smallest absolute Gasteiger partial charge is 0.327 e. The van der Waals surface area contributed by atoms with Crippen LogP contribution in [0, 0.1) is 11.8 Å². The van der Waals surface area contributed by atoms with Crippen molar-refractivity contribution in [1.29, 1.82) is 0 Å². The van der Waals surface area contributed by atoms with E-state index < -0.39 is 88.3 Å². The number of carbonyl (C=O) groups is 6. The van der Waals surface area contributed by atoms with E-state index in [-0.39, 0.29) is 79.2 Å². The minimum absolute atomic E-state index is 0. The van der Waals surface area contributed by atoms with E-state index in [2.05, 4.69) is 16.8 Å². The van der Waals surface area contributed by atoms with Gasteiger partial charge < -0.3 is 72.6 Å². The zero-order chi connectivity index (χ0) is 49.9. The van der Waals surface area contributed by atoms with E-state index in [1.54, 1.807) is 50.2 Å². The van der Waals surface area contributed by atoms with E-state index in [0.717, 1.165) is 0 Å². The van der Waals surface area contributed by atoms with Crippen LogP contribution in [0.25, 0.3) is 0 Å². The van der Waals surface area contributed by atoms with Gasteiger partial charge in [0.2, 0.25) is 11.8 Å². The van der Waals surface area contributed by atoms with E-state index in [4.69, 9.17) is 47.8 Å². The van der Waals surface area contributed by atoms with E-state index in [1.165, 1.54) is 33.3 Å². The molecule has 0 unspecified atom stereocenters. The Bertz CT molecular complexity index is 1850. The first-order chi connectivity index (χ1) is 30.9. The molecule has 4 heterocycles. The summed E-state index contributed by atoms with van der Waals surface area (Å²) < 4.78 is -1.22. The first kappa shape index (κ1) is 59.3. The Kier molecular flexibility index (Phi) is 22.3. The number of rotatable bonds is 18. The maximum atomic E-state index is 12.4. The van der Waals surface area contributed by atoms with Gasteiger partial charge in [0.05, 0.1) is 91.9 Å². The Morgan fingerprint density at radius 3 is 1.31 bits per heavy atom. The van der Waals surface area contributed by atoms with Crippen LogP contribution in [0.3, 0.4) is 0 Å². The number of thioether (sulfide) groups is 2. The van der Waals surface area contributed by atoms with Crippen molar-refractivity contribution in [1.82, 2.24) is 20.8 Å². The number of ketones is 2. The molecule has 0 aliphatic carbocycles. The molecule has 67 heavy (non-hydrogen) atoms. The number of hydrogen-bond donors (Lipinski definition) is 13. The number of aliphatic hydroxyl groups excluding tert-OH is 6. The Labute approximate surface area is 402 Å². The van der Waals surface area contributed by atoms with Gasteiger partial charge >= 0.3 is 5.97 Å². The number of aliphatic carboxylic acids is 2. The minimum Gasteiger partial charge on any atom is -0.548 e. The maximum absolute atomic E-state index is 12.4. The van der Waals surface area contributed by atoms with Crippen LogP contribution in [0.2, 0.25) is 0 Å². The largest absolute Gasteiger partial charge is 0.548 e. The molecule has 8 atom stereocenters. The van der Waals surface area contributed by atoms with E-state index in [1.807, 2.05) is 38.1 Å². The number of amides is 2. The predicted molar refractivity (Wildman–Crippen MR) is 246 cm³/mol. The lowest BCUT2D eigenvalue weighted by molar-refractivity contribution is -0.462. The molecule has 0 spiro atoms. The number of halogens is 1. The molecule has 18 N–H and O–H groups in total. The first-order valence-corrected chi connectivity index (χ1v) is 22.5. The van der Waals surface area contributed by atoms with Crippen LogP contribution >= 0.6 is 35.9 Å². The highest BCUT2D eigenvalue weighted by Crippen LogP contribution is 2.55. The summed E-state index contributed by atoms with van der Waals surface area (Å²) in [6.45, 7) is 4.90. The summed E-state index contributed by atoms with van der Waals surface area (Å²) >= 11 is 2.85. The fraction of sp³-hybridized carbons (Fsp3) is 0.571. The van der Waals surface area contributed by atoms with E-state index in [0.29, 0.717) is 11.1 Å². The number of hydrogen-bond acceptors (Lipinski definition) is 20. The van der Waals surface area contributed by atoms with Crippen molar-refractivity contribution in [3.8, 4) is 0 Å². The third-order valence-electron chi connectivity index (χ3n) is 11.6. The standard InChI is InChI=1S/2C17H20N2O4S.C4H13N3O3.C4H11NO3.ClH/c2*1-17(2)13(16(22)23)19-14(21)10(15(19)24-17)8-11(20)12(18)9-6-4-3-5-7-9;5-7-6-4(1-8,2-9)3-10;5-4(1-6,2-7)3-8;/h2*3-7,10,12-13,15H,8,18H2,1-2H3,(H,22,23);6-10H,1-3,5H2;6-8H,1-3,5H2;1H/t2*10-,12+,13+,15-;;;/m11.../s1. The van der Waals surface area contributed by atoms with Gasteiger partial charge in [-0.15, -0.1) is 41.5 Å². The molecule has 6 rings (SSSR count). The molecule has 4 saturated heterocycles. The van der Waals surface area contributed by atoms with Crippen molar-refractivity contribution in [3.05, 3.63) is 71.8 Å². The SMILES string of the molecule is CC1(C)S[C@@H]2[C@H](CC(=O)[C@@H](N)c3ccccc3)C(=O)N2[C@H]1C(=O)O.CC1(C)S[C@@H]2[C@H](CC(=O)[C@@H](N)c3ccccc3)C(=O)N2[C@H]1C(=O)[O-].Cl.NC(CO)(CO)CO.[NH3+]NNC(CO)(CO)CO. The molecule has 0 radical (unpaired) electrons. The fourth-order valence-electron chi connectivity index (χ4n) is 7.52. The van der Waals surface area contributed by atoms with E-state index in [9.17, 15) is 39.0 Å². The summed E-state index contributed by atoms with van der Waals surface area (Å²) in [7, 11) is 0. The van der Waals surface area contributed by atoms with Gasteiger partial charge in [-0.2, -0.15) is 5.43 Å². The van der Waals surface area contributed by atoms with Crippen LogP contribution in [-0.2, 0) is 28.8 Å². The molecule has 0 bridgehead atoms. The average Bonchev–Trinajstić information content (AvgIpc) is 3.73. The lowest BCUT2D eigenvalue weighted by atomic mass is 9.86. The van der Waals surface area contributed by atoms with Gasteiger partial charge in [0.1, 0.15) is 11.6 Å². The van der Waals surface area contributed by atoms with Crippen molar-refractivity contribution >= 4 is 71.3 Å². The number of carboxylic acids is 2. The Balaban J connectivity index is 0.000000337. The number of carbonyl (C=O) groups excluding carboxylic acids is 5. The molecule has 376 valence electrons. The summed E-state index contributed by atoms with van der Waals surface area (Å²) in [4.78, 5) is 75.2. The number of hydrazine groups is 1. The molecular formula is C42H65ClN8O14S2. The molecule has 2 aromatic rings. The molecule has 0 saturated carbocycles. The highest BCUT2D eigenvalue weighted by Gasteiger charge is 2.64. The number of β-lactam (4-membered cyclic amide) rings is 2. The summed E-state index contributed by atoms with van der Waals surface area (Å²) in [5.41, 5.74) is 21.0. The van der Waals surface area contributed by atoms with Crippen LogP contribution in [0.5, 0.6) is 0 Å². The maximum Gasteiger partial charge on any atom is 0.327 e. The van der Waals surface area contributed by atoms with Crippen molar-refractivity contribution in [2.24, 2.45) is 29.0 Å². The van der Waals surface area contributed by atoms with Crippen LogP contribution in [0.1, 0.15) is 63.7 Å². The first-order valence-electron chi connectivity index (χ1n) is 20.7. The lowest BCUT2D eigenvalue weighted by Crippen LogP contribution is -2.77. The molecule has 0 aromatic heterocycles. The Morgan fingerprint density at radius 1 is 0.701 bits per heavy atom. The highest BCUT2D eigenvalue weighted by atomic mass is 35.5. The Hall–Kier alpha value is -3.83. The van der Waals surface area contributed by atoms with Crippen molar-refractivity contribution in [2.75, 3.05) is 39.6 Å². The van der Waals surface area contributed by atoms with Gasteiger partial charge in [-0.05, 0) is 38.8 Å². The summed E-state index contributed by atoms with van der Waals surface area (Å²) in [6.07, 6.45) is 0.0738. The molecule has 25 heteroatoms. The van der Waals surface area contributed by atoms with Gasteiger partial charge in [-0.3, -0.25) is 25.0 Å². The molecule has 4 aliphatic heterocycles. The molecular weight excluding hydrogens is 940 g/mol. The monoisotopic (exact) mass is 1000 g/mol. The third kappa shape index (κ3) is 13.7. The quantitative estimate of drug-likeness (QED) is 0.0495. The number of nitrogens with one attached hydrogen (secondary N) is 2. The number of nitrogens with zero attached hydrogens (tertiary/aromatic N) is 2. The summed E-state index contributed by atoms with van der Waals surface area (Å²) in [5.74, 6) is -1.02. The number of nitrogens with two attached hydrogens (primary N) is 3. The van der Waals surface area contributed by atoms with Crippen molar-refractivity contribution in [2.45, 2.75) is 96.0 Å². The van der Waals surface area contributed by atoms with Crippen LogP contribution in [0.4, 0.5) is 0 Å². The highest BCUT2D eigenvalue weighted by molar-refractivity contribution is 8.02.